The van der Waals surface area contributed by atoms with Crippen LogP contribution in [0, 0.1) is 0 Å². The van der Waals surface area contributed by atoms with Crippen molar-refractivity contribution in [1.82, 2.24) is 4.90 Å². The summed E-state index contributed by atoms with van der Waals surface area (Å²) in [6.07, 6.45) is -0.212. The number of ether oxygens (including phenoxy) is 2. The lowest BCUT2D eigenvalue weighted by Gasteiger charge is -2.20. The maximum atomic E-state index is 6.27. The molecule has 1 unspecified atom stereocenters. The Morgan fingerprint density at radius 3 is 2.79 bits per heavy atom. The van der Waals surface area contributed by atoms with Crippen molar-refractivity contribution in [3.05, 3.63) is 64.1 Å². The van der Waals surface area contributed by atoms with Gasteiger partial charge in [-0.3, -0.25) is 0 Å². The summed E-state index contributed by atoms with van der Waals surface area (Å²) in [5, 5.41) is 0. The summed E-state index contributed by atoms with van der Waals surface area (Å²) < 4.78 is 13.0. The highest BCUT2D eigenvalue weighted by molar-refractivity contribution is 9.10. The van der Waals surface area contributed by atoms with Crippen molar-refractivity contribution < 1.29 is 9.47 Å². The Balaban J connectivity index is 1.97. The first kappa shape index (κ1) is 16.8. The normalized spacial score (nSPS) is 18.8. The van der Waals surface area contributed by atoms with Crippen LogP contribution >= 0.6 is 15.9 Å². The van der Waals surface area contributed by atoms with E-state index in [4.69, 9.17) is 15.2 Å². The van der Waals surface area contributed by atoms with Gasteiger partial charge in [-0.1, -0.05) is 46.3 Å². The molecule has 1 atom stereocenters. The highest BCUT2D eigenvalue weighted by Crippen LogP contribution is 2.29. The van der Waals surface area contributed by atoms with Gasteiger partial charge >= 0.3 is 0 Å². The quantitative estimate of drug-likeness (QED) is 0.812. The molecule has 0 saturated carbocycles. The zero-order valence-electron chi connectivity index (χ0n) is 13.5. The number of guanidine groups is 1. The standard InChI is InChI=1S/C18H20BrN3O2/c1-22-12-23-11-14-9-15(19)7-8-16(14)24-17(10-21-18(22)20)13-5-3-2-4-6-13/h2-9,17H,10-12H2,1H3,(H2,20,21). The third-order valence-electron chi connectivity index (χ3n) is 3.82. The van der Waals surface area contributed by atoms with Crippen LogP contribution in [0.1, 0.15) is 17.2 Å². The lowest BCUT2D eigenvalue weighted by atomic mass is 10.1. The van der Waals surface area contributed by atoms with Crippen LogP contribution in [0.15, 0.2) is 58.0 Å². The van der Waals surface area contributed by atoms with Crippen LogP contribution in [0.3, 0.4) is 0 Å². The first-order chi connectivity index (χ1) is 11.6. The molecule has 0 saturated heterocycles. The third-order valence-corrected chi connectivity index (χ3v) is 4.31. The van der Waals surface area contributed by atoms with Gasteiger partial charge in [-0.2, -0.15) is 0 Å². The van der Waals surface area contributed by atoms with E-state index < -0.39 is 0 Å². The Morgan fingerprint density at radius 2 is 2.00 bits per heavy atom. The van der Waals surface area contributed by atoms with E-state index in [1.807, 2.05) is 55.6 Å². The van der Waals surface area contributed by atoms with E-state index in [-0.39, 0.29) is 6.10 Å². The number of benzene rings is 2. The lowest BCUT2D eigenvalue weighted by molar-refractivity contribution is 0.0618. The molecule has 2 N–H and O–H groups in total. The summed E-state index contributed by atoms with van der Waals surface area (Å²) in [6.45, 7) is 1.25. The van der Waals surface area contributed by atoms with Gasteiger partial charge in [0.25, 0.3) is 0 Å². The third kappa shape index (κ3) is 4.07. The van der Waals surface area contributed by atoms with E-state index in [1.54, 1.807) is 4.90 Å². The molecule has 0 amide bonds. The summed E-state index contributed by atoms with van der Waals surface area (Å²) in [6, 6.07) is 16.0. The Bertz CT molecular complexity index is 721. The SMILES string of the molecule is CN1COCc2cc(Br)ccc2OC(c2ccccc2)CN=C1N. The molecule has 5 nitrogen and oxygen atoms in total. The van der Waals surface area contributed by atoms with E-state index >= 15 is 0 Å². The Morgan fingerprint density at radius 1 is 1.21 bits per heavy atom. The van der Waals surface area contributed by atoms with Crippen molar-refractivity contribution in [2.24, 2.45) is 10.7 Å². The van der Waals surface area contributed by atoms with E-state index in [2.05, 4.69) is 20.9 Å². The minimum absolute atomic E-state index is 0.212. The molecule has 0 aliphatic carbocycles. The Hall–Kier alpha value is -2.05. The predicted molar refractivity (Wildman–Crippen MR) is 97.9 cm³/mol. The van der Waals surface area contributed by atoms with Gasteiger partial charge in [0.1, 0.15) is 18.6 Å². The summed E-state index contributed by atoms with van der Waals surface area (Å²) in [5.74, 6) is 1.23. The molecule has 2 aromatic rings. The van der Waals surface area contributed by atoms with Crippen molar-refractivity contribution in [2.45, 2.75) is 12.7 Å². The van der Waals surface area contributed by atoms with Crippen molar-refractivity contribution in [2.75, 3.05) is 20.3 Å². The van der Waals surface area contributed by atoms with Crippen molar-refractivity contribution >= 4 is 21.9 Å². The first-order valence-corrected chi connectivity index (χ1v) is 8.51. The molecular formula is C18H20BrN3O2. The highest BCUT2D eigenvalue weighted by Gasteiger charge is 2.17. The molecular weight excluding hydrogens is 370 g/mol. The summed E-state index contributed by atoms with van der Waals surface area (Å²) in [4.78, 5) is 6.25. The second kappa shape index (κ2) is 7.68. The molecule has 3 rings (SSSR count). The molecule has 2 aromatic carbocycles. The minimum atomic E-state index is -0.212. The molecule has 24 heavy (non-hydrogen) atoms. The van der Waals surface area contributed by atoms with E-state index in [0.717, 1.165) is 21.3 Å². The average molecular weight is 390 g/mol. The Kier molecular flexibility index (Phi) is 5.37. The van der Waals surface area contributed by atoms with E-state index in [1.165, 1.54) is 0 Å². The number of hydrogen-bond donors (Lipinski definition) is 1. The number of fused-ring (bicyclic) bond motifs is 1. The lowest BCUT2D eigenvalue weighted by Crippen LogP contribution is -2.36. The first-order valence-electron chi connectivity index (χ1n) is 7.72. The van der Waals surface area contributed by atoms with Crippen molar-refractivity contribution in [3.63, 3.8) is 0 Å². The van der Waals surface area contributed by atoms with Crippen LogP contribution in [0.25, 0.3) is 0 Å². The predicted octanol–water partition coefficient (Wildman–Crippen LogP) is 3.30. The molecule has 0 radical (unpaired) electrons. The average Bonchev–Trinajstić information content (AvgIpc) is 2.62. The molecule has 0 fully saturated rings. The van der Waals surface area contributed by atoms with Crippen LogP contribution in [0.5, 0.6) is 5.75 Å². The highest BCUT2D eigenvalue weighted by atomic mass is 79.9. The number of rotatable bonds is 1. The fourth-order valence-corrected chi connectivity index (χ4v) is 2.87. The van der Waals surface area contributed by atoms with Crippen molar-refractivity contribution in [3.8, 4) is 5.75 Å². The molecule has 126 valence electrons. The van der Waals surface area contributed by atoms with E-state index in [9.17, 15) is 0 Å². The van der Waals surface area contributed by atoms with Crippen LogP contribution in [0.4, 0.5) is 0 Å². The molecule has 1 aliphatic rings. The maximum absolute atomic E-state index is 6.27. The fourth-order valence-electron chi connectivity index (χ4n) is 2.46. The van der Waals surface area contributed by atoms with Gasteiger partial charge in [0.15, 0.2) is 5.96 Å². The Labute approximate surface area is 150 Å². The second-order valence-corrected chi connectivity index (χ2v) is 6.56. The summed E-state index contributed by atoms with van der Waals surface area (Å²) >= 11 is 3.50. The second-order valence-electron chi connectivity index (χ2n) is 5.64. The summed E-state index contributed by atoms with van der Waals surface area (Å²) in [5.41, 5.74) is 8.07. The number of nitrogens with two attached hydrogens (primary N) is 1. The largest absolute Gasteiger partial charge is 0.483 e. The van der Waals surface area contributed by atoms with Crippen LogP contribution in [0.2, 0.25) is 0 Å². The van der Waals surface area contributed by atoms with E-state index in [0.29, 0.717) is 25.8 Å². The number of hydrogen-bond acceptors (Lipinski definition) is 5. The molecule has 0 spiro atoms. The van der Waals surface area contributed by atoms with Crippen molar-refractivity contribution in [1.29, 1.82) is 0 Å². The van der Waals surface area contributed by atoms with Gasteiger partial charge in [-0.15, -0.1) is 0 Å². The molecule has 1 aliphatic heterocycles. The van der Waals surface area contributed by atoms with Gasteiger partial charge < -0.3 is 20.1 Å². The minimum Gasteiger partial charge on any atom is -0.483 e. The monoisotopic (exact) mass is 389 g/mol. The zero-order valence-corrected chi connectivity index (χ0v) is 15.1. The van der Waals surface area contributed by atoms with Gasteiger partial charge in [0, 0.05) is 17.1 Å². The van der Waals surface area contributed by atoms with Gasteiger partial charge in [-0.05, 0) is 23.8 Å². The van der Waals surface area contributed by atoms with Crippen LogP contribution in [-0.4, -0.2) is 31.2 Å². The summed E-state index contributed by atoms with van der Waals surface area (Å²) in [7, 11) is 1.86. The number of halogens is 1. The molecule has 0 bridgehead atoms. The number of nitrogens with zero attached hydrogens (tertiary/aromatic N) is 2. The maximum Gasteiger partial charge on any atom is 0.192 e. The topological polar surface area (TPSA) is 60.1 Å². The van der Waals surface area contributed by atoms with Crippen LogP contribution < -0.4 is 10.5 Å². The fraction of sp³-hybridized carbons (Fsp3) is 0.278. The van der Waals surface area contributed by atoms with Gasteiger partial charge in [0.05, 0.1) is 13.2 Å². The molecule has 6 heteroatoms. The van der Waals surface area contributed by atoms with Gasteiger partial charge in [0.2, 0.25) is 0 Å². The molecule has 1 heterocycles. The van der Waals surface area contributed by atoms with Gasteiger partial charge in [-0.25, -0.2) is 4.99 Å². The smallest absolute Gasteiger partial charge is 0.192 e. The zero-order chi connectivity index (χ0) is 16.9. The van der Waals surface area contributed by atoms with Crippen LogP contribution in [-0.2, 0) is 11.3 Å². The molecule has 0 aromatic heterocycles. The number of aliphatic imine (C=N–C) groups is 1.